The summed E-state index contributed by atoms with van der Waals surface area (Å²) in [5.74, 6) is -1.69. The zero-order valence-corrected chi connectivity index (χ0v) is 13.6. The quantitative estimate of drug-likeness (QED) is 0.191. The van der Waals surface area contributed by atoms with Gasteiger partial charge in [0.25, 0.3) is 0 Å². The number of methoxy groups -OCH3 is 2. The van der Waals surface area contributed by atoms with E-state index in [1.165, 1.54) is 0 Å². The van der Waals surface area contributed by atoms with Crippen LogP contribution < -0.4 is 0 Å². The molecule has 0 bridgehead atoms. The van der Waals surface area contributed by atoms with Gasteiger partial charge in [0.1, 0.15) is 0 Å². The van der Waals surface area contributed by atoms with Crippen LogP contribution in [0.1, 0.15) is 0 Å². The van der Waals surface area contributed by atoms with E-state index in [2.05, 4.69) is 19.1 Å². The second kappa shape index (κ2) is 7.00. The van der Waals surface area contributed by atoms with Gasteiger partial charge in [-0.3, -0.25) is 0 Å². The van der Waals surface area contributed by atoms with E-state index in [1.54, 1.807) is 0 Å². The Hall–Kier alpha value is -1.36. The molecule has 0 saturated carbocycles. The first-order chi connectivity index (χ1) is 7.10. The van der Waals surface area contributed by atoms with Crippen LogP contribution in [0.15, 0.2) is 0 Å². The molecule has 0 aromatic heterocycles. The van der Waals surface area contributed by atoms with Gasteiger partial charge in [0.05, 0.1) is 0 Å². The van der Waals surface area contributed by atoms with Gasteiger partial charge in [0, 0.05) is 0 Å². The fourth-order valence-corrected chi connectivity index (χ4v) is 4.72. The molecule has 0 aromatic carbocycles. The maximum atomic E-state index is 11.0. The molecule has 0 N–H and O–H groups in total. The van der Waals surface area contributed by atoms with Crippen molar-refractivity contribution < 1.29 is 53.2 Å². The van der Waals surface area contributed by atoms with Crippen LogP contribution in [-0.2, 0) is 43.6 Å². The molecule has 76 valence electrons. The Balaban J connectivity index is 4.85. The predicted molar refractivity (Wildman–Crippen MR) is 41.3 cm³/mol. The first-order valence-corrected chi connectivity index (χ1v) is 9.19. The molecule has 0 unspecified atom stereocenters. The topological polar surface area (TPSA) is 125 Å². The standard InChI is InChI=1S/2C3H3N2O2.Hg/c2*1-7-3(6)2-5-4;/h2*1H3;. The summed E-state index contributed by atoms with van der Waals surface area (Å²) >= 11 is -2.63. The summed E-state index contributed by atoms with van der Waals surface area (Å²) in [4.78, 5) is 27.3. The summed E-state index contributed by atoms with van der Waals surface area (Å²) < 4.78 is 8.09. The fraction of sp³-hybridized carbons (Fsp3) is 0.333. The monoisotopic (exact) mass is 400 g/mol. The predicted octanol–water partition coefficient (Wildman–Crippen LogP) is -1.33. The van der Waals surface area contributed by atoms with Crippen molar-refractivity contribution in [1.29, 1.82) is 0 Å². The summed E-state index contributed by atoms with van der Waals surface area (Å²) in [6.45, 7) is 0. The van der Waals surface area contributed by atoms with Crippen molar-refractivity contribution in [2.24, 2.45) is 0 Å². The van der Waals surface area contributed by atoms with Crippen molar-refractivity contribution in [3.05, 3.63) is 11.1 Å². The Morgan fingerprint density at radius 1 is 1.00 bits per heavy atom. The van der Waals surface area contributed by atoms with Crippen LogP contribution in [0, 0.1) is 0 Å². The van der Waals surface area contributed by atoms with Crippen LogP contribution in [0.5, 0.6) is 0 Å². The molecule has 0 aliphatic carbocycles. The SMILES string of the molecule is COC(=O)[C](=[N+]=[N-])[Hg][C](=[N+]=[N-])C(=O)OC. The summed E-state index contributed by atoms with van der Waals surface area (Å²) in [5, 5.41) is 0. The molecule has 0 spiro atoms. The molecule has 0 radical (unpaired) electrons. The van der Waals surface area contributed by atoms with Gasteiger partial charge in [-0.05, 0) is 0 Å². The van der Waals surface area contributed by atoms with E-state index in [-0.39, 0.29) is 6.44 Å². The van der Waals surface area contributed by atoms with Gasteiger partial charge in [-0.15, -0.1) is 0 Å². The average molecular weight is 399 g/mol. The van der Waals surface area contributed by atoms with Gasteiger partial charge in [0.15, 0.2) is 0 Å². The Kier molecular flexibility index (Phi) is 6.36. The number of hydrogen-bond donors (Lipinski definition) is 0. The number of carbonyl (C=O) groups excluding carboxylic acids is 2. The maximum absolute atomic E-state index is 11.0. The van der Waals surface area contributed by atoms with Crippen molar-refractivity contribution in [3.63, 3.8) is 0 Å². The van der Waals surface area contributed by atoms with E-state index in [0.29, 0.717) is 0 Å². The van der Waals surface area contributed by atoms with Gasteiger partial charge in [0.2, 0.25) is 0 Å². The van der Waals surface area contributed by atoms with Gasteiger partial charge in [-0.25, -0.2) is 0 Å². The zero-order chi connectivity index (χ0) is 11.8. The van der Waals surface area contributed by atoms with Crippen LogP contribution in [0.4, 0.5) is 0 Å². The molecule has 9 heteroatoms. The molecule has 15 heavy (non-hydrogen) atoms. The van der Waals surface area contributed by atoms with E-state index in [4.69, 9.17) is 11.1 Å². The van der Waals surface area contributed by atoms with Gasteiger partial charge in [-0.1, -0.05) is 0 Å². The molecule has 0 saturated heterocycles. The number of esters is 2. The van der Waals surface area contributed by atoms with Crippen LogP contribution in [0.25, 0.3) is 11.1 Å². The van der Waals surface area contributed by atoms with Crippen LogP contribution in [0.2, 0.25) is 0 Å². The van der Waals surface area contributed by atoms with Crippen LogP contribution in [-0.4, -0.2) is 42.2 Å². The number of rotatable bonds is 4. The molecule has 8 nitrogen and oxygen atoms in total. The Morgan fingerprint density at radius 3 is 1.53 bits per heavy atom. The van der Waals surface area contributed by atoms with Crippen LogP contribution in [0.3, 0.4) is 0 Å². The second-order valence-corrected chi connectivity index (χ2v) is 8.84. The zero-order valence-electron chi connectivity index (χ0n) is 8.13. The van der Waals surface area contributed by atoms with Crippen molar-refractivity contribution in [3.8, 4) is 0 Å². The molecular weight excluding hydrogens is 393 g/mol. The Morgan fingerprint density at radius 2 is 1.33 bits per heavy atom. The van der Waals surface area contributed by atoms with E-state index in [1.807, 2.05) is 0 Å². The molecule has 0 atom stereocenters. The van der Waals surface area contributed by atoms with E-state index >= 15 is 0 Å². The molecule has 0 heterocycles. The third-order valence-corrected chi connectivity index (χ3v) is 7.37. The van der Waals surface area contributed by atoms with Gasteiger partial charge in [-0.2, -0.15) is 0 Å². The Labute approximate surface area is 96.8 Å². The number of ether oxygens (including phenoxy) is 2. The van der Waals surface area contributed by atoms with Crippen LogP contribution >= 0.6 is 0 Å². The van der Waals surface area contributed by atoms with E-state index in [0.717, 1.165) is 14.2 Å². The molecule has 0 fully saturated rings. The summed E-state index contributed by atoms with van der Waals surface area (Å²) in [6.07, 6.45) is 0. The normalized spacial score (nSPS) is 7.60. The van der Waals surface area contributed by atoms with Crippen molar-refractivity contribution >= 4 is 18.4 Å². The summed E-state index contributed by atoms with van der Waals surface area (Å²) in [7, 11) is 2.21. The number of hydrogen-bond acceptors (Lipinski definition) is 4. The molecule has 0 amide bonds. The second-order valence-electron chi connectivity index (χ2n) is 2.25. The van der Waals surface area contributed by atoms with Gasteiger partial charge >= 0.3 is 96.9 Å². The first-order valence-electron chi connectivity index (χ1n) is 3.69. The van der Waals surface area contributed by atoms with Crippen molar-refractivity contribution in [2.75, 3.05) is 14.2 Å². The van der Waals surface area contributed by atoms with Crippen molar-refractivity contribution in [2.45, 2.75) is 0 Å². The minimum atomic E-state index is -2.63. The number of carbonyl (C=O) groups is 2. The molecule has 0 aromatic rings. The number of nitrogens with zero attached hydrogens (tertiary/aromatic N) is 4. The van der Waals surface area contributed by atoms with Gasteiger partial charge < -0.3 is 0 Å². The summed E-state index contributed by atoms with van der Waals surface area (Å²) in [6, 6.07) is 0. The Bertz CT molecular complexity index is 345. The van der Waals surface area contributed by atoms with Crippen molar-refractivity contribution in [1.82, 2.24) is 0 Å². The van der Waals surface area contributed by atoms with E-state index < -0.39 is 36.5 Å². The molecule has 0 aliphatic rings. The molecular formula is C6H6HgN4O4. The molecule has 0 aliphatic heterocycles. The average Bonchev–Trinajstić information content (AvgIpc) is 2.28. The van der Waals surface area contributed by atoms with E-state index in [9.17, 15) is 9.59 Å². The third kappa shape index (κ3) is 4.12. The molecule has 0 rings (SSSR count). The fourth-order valence-electron chi connectivity index (χ4n) is 0.691. The third-order valence-electron chi connectivity index (χ3n) is 1.42. The summed E-state index contributed by atoms with van der Waals surface area (Å²) in [5.41, 5.74) is 17.0. The first kappa shape index (κ1) is 13.6. The minimum absolute atomic E-state index is 0.254.